The summed E-state index contributed by atoms with van der Waals surface area (Å²) < 4.78 is 0. The first kappa shape index (κ1) is 17.0. The number of nitrogens with zero attached hydrogens (tertiary/aromatic N) is 1. The highest BCUT2D eigenvalue weighted by atomic mass is 35.5. The van der Waals surface area contributed by atoms with Gasteiger partial charge in [-0.3, -0.25) is 10.2 Å². The maximum Gasteiger partial charge on any atom is 0.242 e. The van der Waals surface area contributed by atoms with E-state index in [1.165, 1.54) is 5.01 Å². The van der Waals surface area contributed by atoms with Crippen molar-refractivity contribution in [2.75, 3.05) is 0 Å². The Morgan fingerprint density at radius 1 is 1.04 bits per heavy atom. The summed E-state index contributed by atoms with van der Waals surface area (Å²) in [5.74, 6) is -1.56. The summed E-state index contributed by atoms with van der Waals surface area (Å²) >= 11 is 5.94. The minimum Gasteiger partial charge on any atom is -0.550 e. The van der Waals surface area contributed by atoms with Gasteiger partial charge >= 0.3 is 0 Å². The predicted molar refractivity (Wildman–Crippen MR) is 92.8 cm³/mol. The number of carbonyl (C=O) groups is 2. The van der Waals surface area contributed by atoms with Crippen molar-refractivity contribution >= 4 is 29.2 Å². The van der Waals surface area contributed by atoms with Crippen molar-refractivity contribution in [3.8, 4) is 0 Å². The van der Waals surface area contributed by atoms with Crippen molar-refractivity contribution in [2.45, 2.75) is 18.9 Å². The Bertz CT molecular complexity index is 803. The van der Waals surface area contributed by atoms with Crippen molar-refractivity contribution in [1.82, 2.24) is 10.4 Å². The molecule has 25 heavy (non-hydrogen) atoms. The van der Waals surface area contributed by atoms with E-state index in [0.29, 0.717) is 5.02 Å². The summed E-state index contributed by atoms with van der Waals surface area (Å²) in [5, 5.41) is 12.7. The van der Waals surface area contributed by atoms with E-state index in [-0.39, 0.29) is 24.8 Å². The molecule has 1 amide bonds. The lowest BCUT2D eigenvalue weighted by atomic mass is 10.0. The fourth-order valence-corrected chi connectivity index (χ4v) is 2.83. The number of carbonyl (C=O) groups excluding carboxylic acids is 2. The van der Waals surface area contributed by atoms with E-state index >= 15 is 0 Å². The van der Waals surface area contributed by atoms with E-state index < -0.39 is 5.97 Å². The van der Waals surface area contributed by atoms with Crippen LogP contribution < -0.4 is 10.5 Å². The summed E-state index contributed by atoms with van der Waals surface area (Å²) in [6.07, 6.45) is 1.50. The fourth-order valence-electron chi connectivity index (χ4n) is 2.70. The van der Waals surface area contributed by atoms with E-state index in [2.05, 4.69) is 5.43 Å². The van der Waals surface area contributed by atoms with Gasteiger partial charge in [-0.05, 0) is 35.8 Å². The Balaban J connectivity index is 1.89. The summed E-state index contributed by atoms with van der Waals surface area (Å²) in [5.41, 5.74) is 5.71. The number of amides is 1. The second-order valence-corrected chi connectivity index (χ2v) is 6.13. The third-order valence-corrected chi connectivity index (χ3v) is 4.20. The number of aliphatic carboxylic acids is 1. The van der Waals surface area contributed by atoms with Gasteiger partial charge in [-0.2, -0.15) is 0 Å². The number of carboxylic acids is 1. The molecule has 0 saturated carbocycles. The summed E-state index contributed by atoms with van der Waals surface area (Å²) in [4.78, 5) is 23.2. The summed E-state index contributed by atoms with van der Waals surface area (Å²) in [6, 6.07) is 16.5. The Labute approximate surface area is 150 Å². The van der Waals surface area contributed by atoms with Gasteiger partial charge in [0.25, 0.3) is 0 Å². The molecule has 2 aromatic rings. The van der Waals surface area contributed by atoms with E-state index in [4.69, 9.17) is 11.6 Å². The van der Waals surface area contributed by atoms with Crippen molar-refractivity contribution in [3.05, 3.63) is 76.8 Å². The molecular formula is C19H16ClN2O3-. The largest absolute Gasteiger partial charge is 0.550 e. The first-order valence-corrected chi connectivity index (χ1v) is 8.23. The van der Waals surface area contributed by atoms with Gasteiger partial charge in [0.1, 0.15) is 0 Å². The molecule has 1 aliphatic rings. The number of benzene rings is 2. The molecule has 3 rings (SSSR count). The van der Waals surface area contributed by atoms with Gasteiger partial charge in [-0.25, -0.2) is 5.01 Å². The van der Waals surface area contributed by atoms with Crippen LogP contribution >= 0.6 is 11.6 Å². The third kappa shape index (κ3) is 4.00. The zero-order valence-electron chi connectivity index (χ0n) is 13.3. The van der Waals surface area contributed by atoms with Crippen LogP contribution in [-0.2, 0) is 9.59 Å². The Morgan fingerprint density at radius 2 is 1.72 bits per heavy atom. The van der Waals surface area contributed by atoms with E-state index in [1.54, 1.807) is 12.1 Å². The van der Waals surface area contributed by atoms with Gasteiger partial charge in [-0.1, -0.05) is 54.1 Å². The molecular weight excluding hydrogens is 340 g/mol. The average molecular weight is 356 g/mol. The van der Waals surface area contributed by atoms with Crippen LogP contribution in [-0.4, -0.2) is 16.9 Å². The average Bonchev–Trinajstić information content (AvgIpc) is 3.06. The van der Waals surface area contributed by atoms with Gasteiger partial charge in [0.15, 0.2) is 0 Å². The van der Waals surface area contributed by atoms with Crippen molar-refractivity contribution in [3.63, 3.8) is 0 Å². The highest BCUT2D eigenvalue weighted by Crippen LogP contribution is 2.32. The molecule has 2 aromatic carbocycles. The number of hydrogen-bond acceptors (Lipinski definition) is 4. The van der Waals surface area contributed by atoms with Gasteiger partial charge in [0.2, 0.25) is 5.91 Å². The lowest BCUT2D eigenvalue weighted by Gasteiger charge is -2.25. The molecule has 0 aliphatic carbocycles. The van der Waals surface area contributed by atoms with Crippen LogP contribution in [0.15, 0.2) is 60.7 Å². The van der Waals surface area contributed by atoms with Gasteiger partial charge in [-0.15, -0.1) is 0 Å². The molecule has 128 valence electrons. The molecule has 1 atom stereocenters. The minimum atomic E-state index is -1.24. The van der Waals surface area contributed by atoms with Crippen LogP contribution in [0.2, 0.25) is 5.02 Å². The smallest absolute Gasteiger partial charge is 0.242 e. The molecule has 5 nitrogen and oxygen atoms in total. The highest BCUT2D eigenvalue weighted by Gasteiger charge is 2.30. The summed E-state index contributed by atoms with van der Waals surface area (Å²) in [6.45, 7) is 0. The van der Waals surface area contributed by atoms with E-state index in [1.807, 2.05) is 48.5 Å². The molecule has 0 fully saturated rings. The second-order valence-electron chi connectivity index (χ2n) is 5.69. The first-order valence-electron chi connectivity index (χ1n) is 7.86. The summed E-state index contributed by atoms with van der Waals surface area (Å²) in [7, 11) is 0. The quantitative estimate of drug-likeness (QED) is 0.893. The number of hydrazine groups is 1. The molecule has 0 aromatic heterocycles. The van der Waals surface area contributed by atoms with Crippen LogP contribution in [0, 0.1) is 0 Å². The fraction of sp³-hybridized carbons (Fsp3) is 0.158. The second kappa shape index (κ2) is 7.40. The lowest BCUT2D eigenvalue weighted by molar-refractivity contribution is -0.305. The van der Waals surface area contributed by atoms with Crippen molar-refractivity contribution in [1.29, 1.82) is 0 Å². The molecule has 0 spiro atoms. The van der Waals surface area contributed by atoms with Crippen LogP contribution in [0.3, 0.4) is 0 Å². The standard InChI is InChI=1S/C19H17ClN2O3/c20-15-8-6-14(7-9-15)17-12-16(13-4-2-1-3-5-13)21-22(17)18(23)10-11-19(24)25/h1-9,12,17,21H,10-11H2,(H,24,25)/p-1/t17-/m0/s1. The Hall–Kier alpha value is -2.79. The molecule has 0 saturated heterocycles. The molecule has 1 N–H and O–H groups in total. The molecule has 0 bridgehead atoms. The molecule has 0 radical (unpaired) electrons. The van der Waals surface area contributed by atoms with Gasteiger partial charge in [0.05, 0.1) is 11.7 Å². The molecule has 1 heterocycles. The number of carboxylic acid groups (broad SMARTS) is 1. The minimum absolute atomic E-state index is 0.130. The van der Waals surface area contributed by atoms with Crippen LogP contribution in [0.25, 0.3) is 5.70 Å². The maximum atomic E-state index is 12.5. The van der Waals surface area contributed by atoms with Crippen LogP contribution in [0.5, 0.6) is 0 Å². The van der Waals surface area contributed by atoms with Gasteiger partial charge in [0, 0.05) is 17.4 Å². The third-order valence-electron chi connectivity index (χ3n) is 3.95. The number of rotatable bonds is 5. The number of hydrogen-bond donors (Lipinski definition) is 1. The highest BCUT2D eigenvalue weighted by molar-refractivity contribution is 6.30. The number of halogens is 1. The van der Waals surface area contributed by atoms with Crippen molar-refractivity contribution in [2.24, 2.45) is 0 Å². The zero-order chi connectivity index (χ0) is 17.8. The molecule has 1 aliphatic heterocycles. The van der Waals surface area contributed by atoms with E-state index in [9.17, 15) is 14.7 Å². The van der Waals surface area contributed by atoms with Crippen LogP contribution in [0.1, 0.15) is 30.0 Å². The first-order chi connectivity index (χ1) is 12.0. The molecule has 0 unspecified atom stereocenters. The zero-order valence-corrected chi connectivity index (χ0v) is 14.1. The molecule has 6 heteroatoms. The monoisotopic (exact) mass is 355 g/mol. The van der Waals surface area contributed by atoms with Gasteiger partial charge < -0.3 is 9.90 Å². The maximum absolute atomic E-state index is 12.5. The Morgan fingerprint density at radius 3 is 2.36 bits per heavy atom. The topological polar surface area (TPSA) is 72.5 Å². The van der Waals surface area contributed by atoms with Crippen molar-refractivity contribution < 1.29 is 14.7 Å². The lowest BCUT2D eigenvalue weighted by Crippen LogP contribution is -2.40. The number of nitrogens with one attached hydrogen (secondary N) is 1. The predicted octanol–water partition coefficient (Wildman–Crippen LogP) is 2.30. The Kier molecular flexibility index (Phi) is 5.05. The van der Waals surface area contributed by atoms with Crippen LogP contribution in [0.4, 0.5) is 0 Å². The van der Waals surface area contributed by atoms with E-state index in [0.717, 1.165) is 16.8 Å². The SMILES string of the molecule is O=C([O-])CCC(=O)N1NC(c2ccccc2)=C[C@H]1c1ccc(Cl)cc1. The normalized spacial score (nSPS) is 16.3.